The summed E-state index contributed by atoms with van der Waals surface area (Å²) in [5.74, 6) is 0. The van der Waals surface area contributed by atoms with Gasteiger partial charge < -0.3 is 0 Å². The summed E-state index contributed by atoms with van der Waals surface area (Å²) in [6.45, 7) is 1.98. The molecule has 0 aliphatic heterocycles. The fourth-order valence-corrected chi connectivity index (χ4v) is 1.95. The van der Waals surface area contributed by atoms with Crippen molar-refractivity contribution in [3.05, 3.63) is 48.3 Å². The first-order valence-corrected chi connectivity index (χ1v) is 6.01. The Morgan fingerprint density at radius 2 is 1.75 bits per heavy atom. The Hall–Kier alpha value is -1.68. The lowest BCUT2D eigenvalue weighted by Crippen LogP contribution is -1.85. The minimum Gasteiger partial charge on any atom is -0.264 e. The Labute approximate surface area is 95.7 Å². The monoisotopic (exact) mass is 233 g/mol. The summed E-state index contributed by atoms with van der Waals surface area (Å²) in [7, 11) is -2.50. The largest absolute Gasteiger partial charge is 0.264 e. The minimum atomic E-state index is -2.50. The number of hydrogen-bond donors (Lipinski definition) is 1. The summed E-state index contributed by atoms with van der Waals surface area (Å²) in [5, 5.41) is 0. The van der Waals surface area contributed by atoms with Crippen LogP contribution in [0.2, 0.25) is 0 Å². The zero-order valence-corrected chi connectivity index (χ0v) is 9.65. The average molecular weight is 233 g/mol. The SMILES string of the molecule is Cc1cnccc1-c1ccc([SH](=O)=O)cc1. The number of hydrogen-bond acceptors (Lipinski definition) is 3. The van der Waals surface area contributed by atoms with E-state index in [0.29, 0.717) is 4.90 Å². The van der Waals surface area contributed by atoms with Gasteiger partial charge in [0.15, 0.2) is 10.7 Å². The van der Waals surface area contributed by atoms with E-state index in [1.165, 1.54) is 0 Å². The number of pyridine rings is 1. The Balaban J connectivity index is 2.46. The molecule has 82 valence electrons. The van der Waals surface area contributed by atoms with E-state index in [-0.39, 0.29) is 0 Å². The van der Waals surface area contributed by atoms with E-state index in [0.717, 1.165) is 16.7 Å². The second kappa shape index (κ2) is 4.45. The molecule has 2 aromatic rings. The van der Waals surface area contributed by atoms with Crippen LogP contribution in [0.5, 0.6) is 0 Å². The van der Waals surface area contributed by atoms with Crippen LogP contribution in [0.25, 0.3) is 11.1 Å². The molecule has 16 heavy (non-hydrogen) atoms. The fraction of sp³-hybridized carbons (Fsp3) is 0.0833. The molecule has 0 radical (unpaired) electrons. The summed E-state index contributed by atoms with van der Waals surface area (Å²) in [6.07, 6.45) is 3.52. The van der Waals surface area contributed by atoms with Gasteiger partial charge in [0.1, 0.15) is 0 Å². The van der Waals surface area contributed by atoms with Crippen molar-refractivity contribution in [2.75, 3.05) is 0 Å². The van der Waals surface area contributed by atoms with Gasteiger partial charge in [-0.2, -0.15) is 0 Å². The van der Waals surface area contributed by atoms with Crippen molar-refractivity contribution in [2.24, 2.45) is 0 Å². The summed E-state index contributed by atoms with van der Waals surface area (Å²) >= 11 is 0. The maximum atomic E-state index is 10.7. The highest BCUT2D eigenvalue weighted by molar-refractivity contribution is 7.72. The van der Waals surface area contributed by atoms with Gasteiger partial charge in [-0.25, -0.2) is 8.42 Å². The van der Waals surface area contributed by atoms with Crippen LogP contribution in [0.1, 0.15) is 5.56 Å². The van der Waals surface area contributed by atoms with E-state index < -0.39 is 10.7 Å². The maximum Gasteiger partial charge on any atom is 0.168 e. The van der Waals surface area contributed by atoms with E-state index in [1.807, 2.05) is 25.1 Å². The first-order chi connectivity index (χ1) is 7.68. The second-order valence-electron chi connectivity index (χ2n) is 3.49. The van der Waals surface area contributed by atoms with Crippen LogP contribution in [-0.2, 0) is 10.7 Å². The van der Waals surface area contributed by atoms with Crippen LogP contribution >= 0.6 is 0 Å². The van der Waals surface area contributed by atoms with Crippen molar-refractivity contribution < 1.29 is 8.42 Å². The quantitative estimate of drug-likeness (QED) is 0.807. The zero-order chi connectivity index (χ0) is 11.5. The predicted molar refractivity (Wildman–Crippen MR) is 63.0 cm³/mol. The lowest BCUT2D eigenvalue weighted by Gasteiger charge is -2.04. The first-order valence-electron chi connectivity index (χ1n) is 4.84. The summed E-state index contributed by atoms with van der Waals surface area (Å²) in [4.78, 5) is 4.36. The van der Waals surface area contributed by atoms with E-state index in [2.05, 4.69) is 4.98 Å². The number of benzene rings is 1. The molecule has 0 unspecified atom stereocenters. The molecule has 0 N–H and O–H groups in total. The van der Waals surface area contributed by atoms with Gasteiger partial charge >= 0.3 is 0 Å². The van der Waals surface area contributed by atoms with Crippen LogP contribution in [0.4, 0.5) is 0 Å². The van der Waals surface area contributed by atoms with Crippen molar-refractivity contribution in [1.82, 2.24) is 4.98 Å². The van der Waals surface area contributed by atoms with E-state index in [9.17, 15) is 8.42 Å². The lowest BCUT2D eigenvalue weighted by atomic mass is 10.0. The average Bonchev–Trinajstić information content (AvgIpc) is 2.30. The van der Waals surface area contributed by atoms with Crippen molar-refractivity contribution in [1.29, 1.82) is 0 Å². The smallest absolute Gasteiger partial charge is 0.168 e. The standard InChI is InChI=1S/C12H11NO2S/c1-9-8-13-7-6-12(9)10-2-4-11(5-3-10)16(14)15/h2-8,16H,1H3. The van der Waals surface area contributed by atoms with Gasteiger partial charge in [0, 0.05) is 12.4 Å². The third-order valence-electron chi connectivity index (χ3n) is 2.41. The molecule has 1 aromatic carbocycles. The predicted octanol–water partition coefficient (Wildman–Crippen LogP) is 2.03. The zero-order valence-electron chi connectivity index (χ0n) is 8.75. The highest BCUT2D eigenvalue weighted by Crippen LogP contribution is 2.22. The van der Waals surface area contributed by atoms with Crippen LogP contribution in [0.3, 0.4) is 0 Å². The van der Waals surface area contributed by atoms with Gasteiger partial charge in [-0.3, -0.25) is 4.98 Å². The molecule has 0 saturated heterocycles. The molecule has 0 spiro atoms. The summed E-state index contributed by atoms with van der Waals surface area (Å²) in [5.41, 5.74) is 3.14. The molecule has 3 nitrogen and oxygen atoms in total. The normalized spacial score (nSPS) is 10.6. The Kier molecular flexibility index (Phi) is 3.01. The molecule has 0 saturated carbocycles. The highest BCUT2D eigenvalue weighted by Gasteiger charge is 2.01. The van der Waals surface area contributed by atoms with Crippen LogP contribution in [0.15, 0.2) is 47.6 Å². The molecular formula is C12H11NO2S. The Morgan fingerprint density at radius 1 is 1.06 bits per heavy atom. The maximum absolute atomic E-state index is 10.7. The van der Waals surface area contributed by atoms with Crippen molar-refractivity contribution in [3.8, 4) is 11.1 Å². The number of thiol groups is 1. The first kappa shape index (κ1) is 10.8. The molecule has 0 aliphatic rings. The van der Waals surface area contributed by atoms with E-state index >= 15 is 0 Å². The molecule has 1 heterocycles. The van der Waals surface area contributed by atoms with Crippen molar-refractivity contribution >= 4 is 10.7 Å². The van der Waals surface area contributed by atoms with Gasteiger partial charge in [-0.1, -0.05) is 12.1 Å². The van der Waals surface area contributed by atoms with Crippen molar-refractivity contribution in [3.63, 3.8) is 0 Å². The van der Waals surface area contributed by atoms with Gasteiger partial charge in [0.2, 0.25) is 0 Å². The molecule has 0 bridgehead atoms. The third kappa shape index (κ3) is 2.12. The molecule has 2 rings (SSSR count). The van der Waals surface area contributed by atoms with Gasteiger partial charge in [-0.15, -0.1) is 0 Å². The number of nitrogens with zero attached hydrogens (tertiary/aromatic N) is 1. The molecule has 0 amide bonds. The van der Waals surface area contributed by atoms with E-state index in [4.69, 9.17) is 0 Å². The lowest BCUT2D eigenvalue weighted by molar-refractivity contribution is 0.614. The van der Waals surface area contributed by atoms with Gasteiger partial charge in [0.25, 0.3) is 0 Å². The van der Waals surface area contributed by atoms with Crippen molar-refractivity contribution in [2.45, 2.75) is 11.8 Å². The van der Waals surface area contributed by atoms with Gasteiger partial charge in [0.05, 0.1) is 4.90 Å². The van der Waals surface area contributed by atoms with Gasteiger partial charge in [-0.05, 0) is 41.8 Å². The minimum absolute atomic E-state index is 0.338. The third-order valence-corrected chi connectivity index (χ3v) is 3.13. The molecule has 1 aromatic heterocycles. The van der Waals surface area contributed by atoms with E-state index in [1.54, 1.807) is 24.5 Å². The number of aryl methyl sites for hydroxylation is 1. The van der Waals surface area contributed by atoms with Crippen LogP contribution in [-0.4, -0.2) is 13.4 Å². The second-order valence-corrected chi connectivity index (χ2v) is 4.53. The molecule has 0 atom stereocenters. The molecule has 0 aliphatic carbocycles. The number of aromatic nitrogens is 1. The fourth-order valence-electron chi connectivity index (χ4n) is 1.56. The van der Waals surface area contributed by atoms with Crippen LogP contribution in [0, 0.1) is 6.92 Å². The molecule has 0 fully saturated rings. The van der Waals surface area contributed by atoms with Crippen LogP contribution < -0.4 is 0 Å². The number of rotatable bonds is 2. The topological polar surface area (TPSA) is 47.0 Å². The molecule has 4 heteroatoms. The summed E-state index contributed by atoms with van der Waals surface area (Å²) < 4.78 is 21.5. The highest BCUT2D eigenvalue weighted by atomic mass is 32.2. The molecular weight excluding hydrogens is 222 g/mol. The Bertz CT molecular complexity index is 566. The Morgan fingerprint density at radius 3 is 2.31 bits per heavy atom. The summed E-state index contributed by atoms with van der Waals surface area (Å²) in [6, 6.07) is 8.76.